The summed E-state index contributed by atoms with van der Waals surface area (Å²) in [6.07, 6.45) is 1.77. The normalized spacial score (nSPS) is 12.2. The van der Waals surface area contributed by atoms with Crippen LogP contribution in [0.5, 0.6) is 0 Å². The summed E-state index contributed by atoms with van der Waals surface area (Å²) in [6.45, 7) is 3.02. The summed E-state index contributed by atoms with van der Waals surface area (Å²) in [5.41, 5.74) is 7.96. The number of aliphatic hydroxyl groups excluding tert-OH is 1. The lowest BCUT2D eigenvalue weighted by molar-refractivity contribution is 0.258. The molecule has 1 aromatic rings. The van der Waals surface area contributed by atoms with Crippen molar-refractivity contribution in [2.45, 2.75) is 19.8 Å². The zero-order valence-electron chi connectivity index (χ0n) is 9.98. The molecule has 0 aliphatic heterocycles. The van der Waals surface area contributed by atoms with Gasteiger partial charge < -0.3 is 21.6 Å². The predicted octanol–water partition coefficient (Wildman–Crippen LogP) is 0.165. The Kier molecular flexibility index (Phi) is 5.44. The van der Waals surface area contributed by atoms with Crippen LogP contribution in [0.1, 0.15) is 19.8 Å². The van der Waals surface area contributed by atoms with Crippen LogP contribution in [0.3, 0.4) is 0 Å². The van der Waals surface area contributed by atoms with Crippen molar-refractivity contribution in [3.63, 3.8) is 0 Å². The highest BCUT2D eigenvalue weighted by Gasteiger charge is 2.07. The van der Waals surface area contributed by atoms with Gasteiger partial charge in [-0.1, -0.05) is 13.3 Å². The molecule has 17 heavy (non-hydrogen) atoms. The Labute approximate surface area is 101 Å². The summed E-state index contributed by atoms with van der Waals surface area (Å²) >= 11 is 0. The summed E-state index contributed by atoms with van der Waals surface area (Å²) < 4.78 is 0. The van der Waals surface area contributed by atoms with Gasteiger partial charge in [0.25, 0.3) is 0 Å². The number of anilines is 3. The summed E-state index contributed by atoms with van der Waals surface area (Å²) in [5, 5.41) is 12.0. The van der Waals surface area contributed by atoms with Crippen LogP contribution in [0, 0.1) is 5.92 Å². The Morgan fingerprint density at radius 1 is 1.41 bits per heavy atom. The van der Waals surface area contributed by atoms with Crippen molar-refractivity contribution in [3.05, 3.63) is 6.07 Å². The van der Waals surface area contributed by atoms with E-state index in [1.54, 1.807) is 6.07 Å². The number of nitrogens with zero attached hydrogens (tertiary/aromatic N) is 2. The molecular formula is C10H20N6O. The Balaban J connectivity index is 2.58. The fourth-order valence-corrected chi connectivity index (χ4v) is 1.51. The highest BCUT2D eigenvalue weighted by Crippen LogP contribution is 2.13. The molecular weight excluding hydrogens is 220 g/mol. The largest absolute Gasteiger partial charge is 0.396 e. The van der Waals surface area contributed by atoms with E-state index < -0.39 is 0 Å². The molecule has 0 amide bonds. The standard InChI is InChI=1S/C10H20N6O/c1-2-7(3-4-17)6-13-8-5-9(16-12)15-10(11)14-8/h5,7,17H,2-4,6,12H2,1H3,(H4,11,13,14,15,16). The number of hydrogen-bond acceptors (Lipinski definition) is 7. The molecule has 96 valence electrons. The van der Waals surface area contributed by atoms with E-state index >= 15 is 0 Å². The third kappa shape index (κ3) is 4.41. The summed E-state index contributed by atoms with van der Waals surface area (Å²) in [5.74, 6) is 6.93. The third-order valence-electron chi connectivity index (χ3n) is 2.58. The van der Waals surface area contributed by atoms with Crippen molar-refractivity contribution < 1.29 is 5.11 Å². The van der Waals surface area contributed by atoms with Gasteiger partial charge in [0.05, 0.1) is 0 Å². The zero-order chi connectivity index (χ0) is 12.7. The number of nitrogens with one attached hydrogen (secondary N) is 2. The second kappa shape index (κ2) is 6.87. The van der Waals surface area contributed by atoms with E-state index in [0.717, 1.165) is 19.4 Å². The SMILES string of the molecule is CCC(CCO)CNc1cc(NN)nc(N)n1. The van der Waals surface area contributed by atoms with Gasteiger partial charge in [-0.2, -0.15) is 9.97 Å². The Morgan fingerprint density at radius 3 is 2.71 bits per heavy atom. The predicted molar refractivity (Wildman–Crippen MR) is 68.2 cm³/mol. The molecule has 1 unspecified atom stereocenters. The van der Waals surface area contributed by atoms with Gasteiger partial charge in [0, 0.05) is 19.2 Å². The summed E-state index contributed by atoms with van der Waals surface area (Å²) in [7, 11) is 0. The van der Waals surface area contributed by atoms with Crippen LogP contribution in [0.25, 0.3) is 0 Å². The molecule has 0 spiro atoms. The molecule has 1 aromatic heterocycles. The number of nitrogen functional groups attached to an aromatic ring is 2. The lowest BCUT2D eigenvalue weighted by atomic mass is 10.0. The highest BCUT2D eigenvalue weighted by atomic mass is 16.3. The smallest absolute Gasteiger partial charge is 0.223 e. The fourth-order valence-electron chi connectivity index (χ4n) is 1.51. The maximum Gasteiger partial charge on any atom is 0.223 e. The van der Waals surface area contributed by atoms with Crippen LogP contribution >= 0.6 is 0 Å². The van der Waals surface area contributed by atoms with Crippen LogP contribution in [0.2, 0.25) is 0 Å². The van der Waals surface area contributed by atoms with Crippen LogP contribution in [-0.4, -0.2) is 28.2 Å². The maximum atomic E-state index is 8.89. The lowest BCUT2D eigenvalue weighted by Gasteiger charge is -2.15. The lowest BCUT2D eigenvalue weighted by Crippen LogP contribution is -2.17. The molecule has 7 heteroatoms. The fraction of sp³-hybridized carbons (Fsp3) is 0.600. The van der Waals surface area contributed by atoms with E-state index in [1.165, 1.54) is 0 Å². The molecule has 0 fully saturated rings. The van der Waals surface area contributed by atoms with Gasteiger partial charge >= 0.3 is 0 Å². The Morgan fingerprint density at radius 2 is 2.12 bits per heavy atom. The quantitative estimate of drug-likeness (QED) is 0.340. The minimum Gasteiger partial charge on any atom is -0.396 e. The van der Waals surface area contributed by atoms with Crippen molar-refractivity contribution in [1.29, 1.82) is 0 Å². The number of aromatic nitrogens is 2. The minimum atomic E-state index is 0.165. The number of rotatable bonds is 7. The molecule has 1 heterocycles. The number of hydrogen-bond donors (Lipinski definition) is 5. The van der Waals surface area contributed by atoms with E-state index in [9.17, 15) is 0 Å². The molecule has 0 saturated heterocycles. The zero-order valence-corrected chi connectivity index (χ0v) is 9.98. The van der Waals surface area contributed by atoms with Crippen LogP contribution < -0.4 is 22.3 Å². The van der Waals surface area contributed by atoms with Gasteiger partial charge in [0.1, 0.15) is 11.6 Å². The number of hydrazine groups is 1. The molecule has 0 radical (unpaired) electrons. The Hall–Kier alpha value is -1.60. The van der Waals surface area contributed by atoms with Crippen molar-refractivity contribution in [3.8, 4) is 0 Å². The van der Waals surface area contributed by atoms with E-state index in [1.807, 2.05) is 0 Å². The Bertz CT molecular complexity index is 346. The molecule has 1 rings (SSSR count). The van der Waals surface area contributed by atoms with E-state index in [4.69, 9.17) is 16.7 Å². The first-order chi connectivity index (χ1) is 8.19. The van der Waals surface area contributed by atoms with Crippen molar-refractivity contribution in [1.82, 2.24) is 9.97 Å². The summed E-state index contributed by atoms with van der Waals surface area (Å²) in [6, 6.07) is 1.68. The van der Waals surface area contributed by atoms with Gasteiger partial charge in [-0.05, 0) is 12.3 Å². The number of aliphatic hydroxyl groups is 1. The second-order valence-electron chi connectivity index (χ2n) is 3.81. The van der Waals surface area contributed by atoms with Crippen LogP contribution in [0.4, 0.5) is 17.6 Å². The maximum absolute atomic E-state index is 8.89. The van der Waals surface area contributed by atoms with Crippen molar-refractivity contribution in [2.24, 2.45) is 11.8 Å². The average molecular weight is 240 g/mol. The molecule has 0 aliphatic carbocycles. The van der Waals surface area contributed by atoms with Gasteiger partial charge in [0.15, 0.2) is 0 Å². The molecule has 0 aliphatic rings. The molecule has 7 nitrogen and oxygen atoms in total. The van der Waals surface area contributed by atoms with E-state index in [-0.39, 0.29) is 12.6 Å². The van der Waals surface area contributed by atoms with Crippen LogP contribution in [0.15, 0.2) is 6.07 Å². The summed E-state index contributed by atoms with van der Waals surface area (Å²) in [4.78, 5) is 7.93. The number of nitrogens with two attached hydrogens (primary N) is 2. The molecule has 0 bridgehead atoms. The van der Waals surface area contributed by atoms with Gasteiger partial charge in [-0.15, -0.1) is 0 Å². The first-order valence-electron chi connectivity index (χ1n) is 5.65. The van der Waals surface area contributed by atoms with Crippen molar-refractivity contribution >= 4 is 17.6 Å². The van der Waals surface area contributed by atoms with Gasteiger partial charge in [-0.25, -0.2) is 5.84 Å². The highest BCUT2D eigenvalue weighted by molar-refractivity contribution is 5.50. The third-order valence-corrected chi connectivity index (χ3v) is 2.58. The van der Waals surface area contributed by atoms with Crippen molar-refractivity contribution in [2.75, 3.05) is 29.6 Å². The topological polar surface area (TPSA) is 122 Å². The minimum absolute atomic E-state index is 0.165. The molecule has 0 saturated carbocycles. The first-order valence-corrected chi connectivity index (χ1v) is 5.65. The van der Waals surface area contributed by atoms with Gasteiger partial charge in [0.2, 0.25) is 5.95 Å². The molecule has 1 atom stereocenters. The van der Waals surface area contributed by atoms with E-state index in [2.05, 4.69) is 27.6 Å². The molecule has 0 aromatic carbocycles. The van der Waals surface area contributed by atoms with Gasteiger partial charge in [-0.3, -0.25) is 0 Å². The van der Waals surface area contributed by atoms with E-state index in [0.29, 0.717) is 17.6 Å². The molecule has 7 N–H and O–H groups in total. The second-order valence-corrected chi connectivity index (χ2v) is 3.81. The first kappa shape index (κ1) is 13.5. The monoisotopic (exact) mass is 240 g/mol. The van der Waals surface area contributed by atoms with Crippen LogP contribution in [-0.2, 0) is 0 Å². The average Bonchev–Trinajstić information content (AvgIpc) is 2.33.